The van der Waals surface area contributed by atoms with Crippen LogP contribution < -0.4 is 0 Å². The molecule has 5 heteroatoms. The Morgan fingerprint density at radius 3 is 2.94 bits per heavy atom. The lowest BCUT2D eigenvalue weighted by Gasteiger charge is -2.06. The summed E-state index contributed by atoms with van der Waals surface area (Å²) >= 11 is 0. The van der Waals surface area contributed by atoms with Crippen LogP contribution >= 0.6 is 0 Å². The van der Waals surface area contributed by atoms with Gasteiger partial charge in [0.15, 0.2) is 0 Å². The minimum atomic E-state index is -0.332. The minimum absolute atomic E-state index is 0.332. The van der Waals surface area contributed by atoms with Crippen molar-refractivity contribution in [3.63, 3.8) is 0 Å². The predicted molar refractivity (Wildman–Crippen MR) is 63.8 cm³/mol. The lowest BCUT2D eigenvalue weighted by molar-refractivity contribution is 0.0526. The van der Waals surface area contributed by atoms with Crippen LogP contribution in [-0.4, -0.2) is 35.6 Å². The molecule has 0 saturated carbocycles. The van der Waals surface area contributed by atoms with Crippen molar-refractivity contribution in [1.29, 1.82) is 0 Å². The van der Waals surface area contributed by atoms with Crippen LogP contribution in [0, 0.1) is 5.92 Å². The molecule has 0 unspecified atom stereocenters. The molecule has 0 N–H and O–H groups in total. The second-order valence-electron chi connectivity index (χ2n) is 4.18. The lowest BCUT2D eigenvalue weighted by atomic mass is 10.2. The molecule has 96 valence electrons. The fourth-order valence-corrected chi connectivity index (χ4v) is 1.28. The average molecular weight is 240 g/mol. The highest BCUT2D eigenvalue weighted by molar-refractivity contribution is 5.88. The van der Waals surface area contributed by atoms with Gasteiger partial charge in [0.05, 0.1) is 31.5 Å². The van der Waals surface area contributed by atoms with Gasteiger partial charge in [0.1, 0.15) is 0 Å². The molecule has 0 bridgehead atoms. The second-order valence-corrected chi connectivity index (χ2v) is 4.18. The zero-order chi connectivity index (χ0) is 12.7. The third-order valence-electron chi connectivity index (χ3n) is 2.06. The van der Waals surface area contributed by atoms with Gasteiger partial charge in [0.2, 0.25) is 0 Å². The predicted octanol–water partition coefficient (Wildman–Crippen LogP) is 1.73. The summed E-state index contributed by atoms with van der Waals surface area (Å²) in [4.78, 5) is 11.4. The standard InChI is InChI=1S/C12H20N2O3/c1-4-17-12(15)11-7-13-14(8-11)5-6-16-9-10(2)3/h7-8,10H,4-6,9H2,1-3H3. The largest absolute Gasteiger partial charge is 0.462 e. The molecule has 17 heavy (non-hydrogen) atoms. The van der Waals surface area contributed by atoms with Crippen molar-refractivity contribution in [2.24, 2.45) is 5.92 Å². The average Bonchev–Trinajstić information content (AvgIpc) is 2.73. The number of carbonyl (C=O) groups excluding carboxylic acids is 1. The highest BCUT2D eigenvalue weighted by atomic mass is 16.5. The number of ether oxygens (including phenoxy) is 2. The normalized spacial score (nSPS) is 10.8. The number of rotatable bonds is 7. The number of esters is 1. The quantitative estimate of drug-likeness (QED) is 0.538. The topological polar surface area (TPSA) is 53.3 Å². The summed E-state index contributed by atoms with van der Waals surface area (Å²) < 4.78 is 12.0. The smallest absolute Gasteiger partial charge is 0.341 e. The molecule has 0 amide bonds. The second kappa shape index (κ2) is 7.06. The number of aromatic nitrogens is 2. The molecule has 1 aromatic rings. The Bertz CT molecular complexity index is 347. The van der Waals surface area contributed by atoms with Gasteiger partial charge in [0, 0.05) is 12.8 Å². The third-order valence-corrected chi connectivity index (χ3v) is 2.06. The van der Waals surface area contributed by atoms with E-state index in [0.717, 1.165) is 6.61 Å². The van der Waals surface area contributed by atoms with Gasteiger partial charge in [-0.3, -0.25) is 4.68 Å². The first kappa shape index (κ1) is 13.7. The van der Waals surface area contributed by atoms with E-state index < -0.39 is 0 Å². The number of nitrogens with zero attached hydrogens (tertiary/aromatic N) is 2. The van der Waals surface area contributed by atoms with Crippen molar-refractivity contribution in [3.05, 3.63) is 18.0 Å². The molecule has 0 aliphatic heterocycles. The summed E-state index contributed by atoms with van der Waals surface area (Å²) in [5, 5.41) is 4.07. The van der Waals surface area contributed by atoms with Crippen LogP contribution in [0.4, 0.5) is 0 Å². The molecular formula is C12H20N2O3. The molecule has 0 saturated heterocycles. The van der Waals surface area contributed by atoms with E-state index in [2.05, 4.69) is 18.9 Å². The van der Waals surface area contributed by atoms with E-state index in [1.54, 1.807) is 17.8 Å². The Hall–Kier alpha value is -1.36. The Kier molecular flexibility index (Phi) is 5.69. The van der Waals surface area contributed by atoms with Crippen LogP contribution in [0.3, 0.4) is 0 Å². The number of hydrogen-bond acceptors (Lipinski definition) is 4. The van der Waals surface area contributed by atoms with E-state index in [0.29, 0.717) is 31.2 Å². The first-order valence-corrected chi connectivity index (χ1v) is 5.90. The van der Waals surface area contributed by atoms with E-state index in [9.17, 15) is 4.79 Å². The maximum atomic E-state index is 11.4. The molecule has 0 spiro atoms. The van der Waals surface area contributed by atoms with Gasteiger partial charge in [-0.25, -0.2) is 4.79 Å². The molecule has 1 rings (SSSR count). The van der Waals surface area contributed by atoms with Crippen molar-refractivity contribution >= 4 is 5.97 Å². The van der Waals surface area contributed by atoms with E-state index in [-0.39, 0.29) is 5.97 Å². The van der Waals surface area contributed by atoms with Crippen LogP contribution in [0.2, 0.25) is 0 Å². The molecule has 0 atom stereocenters. The Balaban J connectivity index is 2.33. The van der Waals surface area contributed by atoms with E-state index in [1.807, 2.05) is 0 Å². The van der Waals surface area contributed by atoms with Crippen molar-refractivity contribution in [2.75, 3.05) is 19.8 Å². The molecule has 0 fully saturated rings. The minimum Gasteiger partial charge on any atom is -0.462 e. The zero-order valence-corrected chi connectivity index (χ0v) is 10.7. The van der Waals surface area contributed by atoms with Gasteiger partial charge in [-0.15, -0.1) is 0 Å². The maximum absolute atomic E-state index is 11.4. The fraction of sp³-hybridized carbons (Fsp3) is 0.667. The summed E-state index contributed by atoms with van der Waals surface area (Å²) in [5.74, 6) is 0.199. The van der Waals surface area contributed by atoms with Gasteiger partial charge >= 0.3 is 5.97 Å². The summed E-state index contributed by atoms with van der Waals surface area (Å²) in [5.41, 5.74) is 0.482. The summed E-state index contributed by atoms with van der Waals surface area (Å²) in [6.07, 6.45) is 3.19. The SMILES string of the molecule is CCOC(=O)c1cnn(CCOCC(C)C)c1. The fourth-order valence-electron chi connectivity index (χ4n) is 1.28. The first-order valence-electron chi connectivity index (χ1n) is 5.90. The van der Waals surface area contributed by atoms with Crippen LogP contribution in [-0.2, 0) is 16.0 Å². The van der Waals surface area contributed by atoms with E-state index >= 15 is 0 Å². The van der Waals surface area contributed by atoms with Crippen molar-refractivity contribution in [1.82, 2.24) is 9.78 Å². The van der Waals surface area contributed by atoms with Gasteiger partial charge in [-0.1, -0.05) is 13.8 Å². The summed E-state index contributed by atoms with van der Waals surface area (Å²) in [6.45, 7) is 8.35. The highest BCUT2D eigenvalue weighted by Gasteiger charge is 2.08. The molecule has 5 nitrogen and oxygen atoms in total. The van der Waals surface area contributed by atoms with Gasteiger partial charge in [-0.05, 0) is 12.8 Å². The van der Waals surface area contributed by atoms with Crippen LogP contribution in [0.15, 0.2) is 12.4 Å². The van der Waals surface area contributed by atoms with E-state index in [1.165, 1.54) is 6.20 Å². The van der Waals surface area contributed by atoms with Gasteiger partial charge in [0.25, 0.3) is 0 Å². The zero-order valence-electron chi connectivity index (χ0n) is 10.7. The Morgan fingerprint density at radius 2 is 2.29 bits per heavy atom. The van der Waals surface area contributed by atoms with Gasteiger partial charge < -0.3 is 9.47 Å². The third kappa shape index (κ3) is 4.99. The van der Waals surface area contributed by atoms with Crippen molar-refractivity contribution in [3.8, 4) is 0 Å². The van der Waals surface area contributed by atoms with Crippen LogP contribution in [0.1, 0.15) is 31.1 Å². The molecular weight excluding hydrogens is 220 g/mol. The van der Waals surface area contributed by atoms with Crippen molar-refractivity contribution in [2.45, 2.75) is 27.3 Å². The van der Waals surface area contributed by atoms with E-state index in [4.69, 9.17) is 9.47 Å². The molecule has 0 aromatic carbocycles. The molecule has 1 heterocycles. The van der Waals surface area contributed by atoms with Crippen LogP contribution in [0.5, 0.6) is 0 Å². The van der Waals surface area contributed by atoms with Crippen LogP contribution in [0.25, 0.3) is 0 Å². The summed E-state index contributed by atoms with van der Waals surface area (Å²) in [6, 6.07) is 0. The first-order chi connectivity index (χ1) is 8.13. The lowest BCUT2D eigenvalue weighted by Crippen LogP contribution is -2.10. The molecule has 0 aliphatic carbocycles. The Labute approximate surface area is 102 Å². The summed E-state index contributed by atoms with van der Waals surface area (Å²) in [7, 11) is 0. The molecule has 0 aliphatic rings. The van der Waals surface area contributed by atoms with Gasteiger partial charge in [-0.2, -0.15) is 5.10 Å². The Morgan fingerprint density at radius 1 is 1.53 bits per heavy atom. The maximum Gasteiger partial charge on any atom is 0.341 e. The monoisotopic (exact) mass is 240 g/mol. The van der Waals surface area contributed by atoms with Crippen molar-refractivity contribution < 1.29 is 14.3 Å². The molecule has 0 radical (unpaired) electrons. The number of hydrogen-bond donors (Lipinski definition) is 0. The highest BCUT2D eigenvalue weighted by Crippen LogP contribution is 2.01. The molecule has 1 aromatic heterocycles. The number of carbonyl (C=O) groups is 1.